The van der Waals surface area contributed by atoms with Crippen LogP contribution in [-0.2, 0) is 4.74 Å². The summed E-state index contributed by atoms with van der Waals surface area (Å²) in [6.07, 6.45) is 0.245. The molecule has 0 aliphatic carbocycles. The molecule has 0 aromatic heterocycles. The van der Waals surface area contributed by atoms with Crippen LogP contribution in [0.15, 0.2) is 24.3 Å². The summed E-state index contributed by atoms with van der Waals surface area (Å²) in [5.74, 6) is 0. The van der Waals surface area contributed by atoms with Crippen molar-refractivity contribution in [1.29, 1.82) is 0 Å². The average molecular weight is 241 g/mol. The van der Waals surface area contributed by atoms with E-state index in [9.17, 15) is 0 Å². The Morgan fingerprint density at radius 2 is 2.31 bits per heavy atom. The summed E-state index contributed by atoms with van der Waals surface area (Å²) in [6, 6.07) is 7.96. The smallest absolute Gasteiger partial charge is 0.0874 e. The maximum absolute atomic E-state index is 6.18. The Hall–Kier alpha value is -0.770. The van der Waals surface area contributed by atoms with Gasteiger partial charge in [0.1, 0.15) is 0 Å². The van der Waals surface area contributed by atoms with Gasteiger partial charge >= 0.3 is 0 Å². The monoisotopic (exact) mass is 240 g/mol. The summed E-state index contributed by atoms with van der Waals surface area (Å²) in [7, 11) is 1.94. The van der Waals surface area contributed by atoms with Crippen molar-refractivity contribution >= 4 is 17.3 Å². The molecule has 1 unspecified atom stereocenters. The van der Waals surface area contributed by atoms with Gasteiger partial charge in [-0.25, -0.2) is 0 Å². The van der Waals surface area contributed by atoms with Gasteiger partial charge in [-0.05, 0) is 19.2 Å². The summed E-state index contributed by atoms with van der Waals surface area (Å²) in [5.41, 5.74) is 1.11. The second-order valence-electron chi connectivity index (χ2n) is 3.95. The topological polar surface area (TPSA) is 24.5 Å². The summed E-state index contributed by atoms with van der Waals surface area (Å²) < 4.78 is 5.66. The van der Waals surface area contributed by atoms with Crippen molar-refractivity contribution in [3.8, 4) is 0 Å². The average Bonchev–Trinajstić information content (AvgIpc) is 2.30. The van der Waals surface area contributed by atoms with Gasteiger partial charge < -0.3 is 15.0 Å². The lowest BCUT2D eigenvalue weighted by molar-refractivity contribution is 0.0422. The van der Waals surface area contributed by atoms with Crippen LogP contribution in [-0.4, -0.2) is 39.4 Å². The summed E-state index contributed by atoms with van der Waals surface area (Å²) in [5, 5.41) is 3.95. The first-order chi connectivity index (χ1) is 7.81. The van der Waals surface area contributed by atoms with Gasteiger partial charge in [0.2, 0.25) is 0 Å². The normalized spacial score (nSPS) is 21.1. The van der Waals surface area contributed by atoms with E-state index in [0.29, 0.717) is 0 Å². The molecule has 16 heavy (non-hydrogen) atoms. The molecule has 3 nitrogen and oxygen atoms in total. The third kappa shape index (κ3) is 2.67. The van der Waals surface area contributed by atoms with E-state index in [1.807, 2.05) is 25.2 Å². The summed E-state index contributed by atoms with van der Waals surface area (Å²) in [4.78, 5) is 2.29. The Morgan fingerprint density at radius 1 is 1.50 bits per heavy atom. The van der Waals surface area contributed by atoms with Gasteiger partial charge in [-0.2, -0.15) is 0 Å². The first-order valence-corrected chi connectivity index (χ1v) is 5.94. The number of likely N-dealkylation sites (N-methyl/N-ethyl adjacent to an activating group) is 1. The number of rotatable bonds is 3. The maximum Gasteiger partial charge on any atom is 0.0874 e. The summed E-state index contributed by atoms with van der Waals surface area (Å²) in [6.45, 7) is 3.44. The zero-order valence-electron chi connectivity index (χ0n) is 9.45. The molecule has 1 aromatic rings. The molecule has 0 spiro atoms. The Bertz CT molecular complexity index is 344. The van der Waals surface area contributed by atoms with Gasteiger partial charge in [-0.1, -0.05) is 23.7 Å². The molecule has 0 bridgehead atoms. The molecule has 0 saturated carbocycles. The lowest BCUT2D eigenvalue weighted by atomic mass is 10.2. The van der Waals surface area contributed by atoms with E-state index in [2.05, 4.69) is 16.3 Å². The molecule has 1 aliphatic heterocycles. The maximum atomic E-state index is 6.18. The molecule has 0 radical (unpaired) electrons. The number of halogens is 1. The van der Waals surface area contributed by atoms with Crippen molar-refractivity contribution in [1.82, 2.24) is 5.32 Å². The minimum Gasteiger partial charge on any atom is -0.373 e. The molecule has 1 atom stereocenters. The van der Waals surface area contributed by atoms with Crippen LogP contribution in [0, 0.1) is 0 Å². The number of morpholine rings is 1. The number of benzene rings is 1. The molecule has 1 saturated heterocycles. The molecule has 1 heterocycles. The van der Waals surface area contributed by atoms with E-state index in [1.54, 1.807) is 0 Å². The van der Waals surface area contributed by atoms with Gasteiger partial charge in [-0.3, -0.25) is 0 Å². The predicted octanol–water partition coefficient (Wildman–Crippen LogP) is 1.76. The Labute approximate surface area is 101 Å². The summed E-state index contributed by atoms with van der Waals surface area (Å²) >= 11 is 6.18. The Balaban J connectivity index is 2.07. The molecular formula is C12H17ClN2O. The highest BCUT2D eigenvalue weighted by Crippen LogP contribution is 2.26. The number of nitrogens with one attached hydrogen (secondary N) is 1. The van der Waals surface area contributed by atoms with E-state index in [4.69, 9.17) is 16.3 Å². The molecule has 1 fully saturated rings. The van der Waals surface area contributed by atoms with E-state index in [0.717, 1.165) is 37.0 Å². The fourth-order valence-corrected chi connectivity index (χ4v) is 2.25. The molecule has 2 rings (SSSR count). The van der Waals surface area contributed by atoms with Crippen molar-refractivity contribution in [2.24, 2.45) is 0 Å². The lowest BCUT2D eigenvalue weighted by Gasteiger charge is -2.34. The van der Waals surface area contributed by atoms with E-state index < -0.39 is 0 Å². The second-order valence-corrected chi connectivity index (χ2v) is 4.36. The fourth-order valence-electron chi connectivity index (χ4n) is 2.00. The minimum absolute atomic E-state index is 0.245. The molecule has 88 valence electrons. The highest BCUT2D eigenvalue weighted by atomic mass is 35.5. The molecule has 1 N–H and O–H groups in total. The van der Waals surface area contributed by atoms with Crippen LogP contribution in [0.4, 0.5) is 5.69 Å². The van der Waals surface area contributed by atoms with Gasteiger partial charge in [-0.15, -0.1) is 0 Å². The Kier molecular flexibility index (Phi) is 4.04. The quantitative estimate of drug-likeness (QED) is 0.872. The SMILES string of the molecule is CNCC1CN(c2ccccc2Cl)CCO1. The highest BCUT2D eigenvalue weighted by molar-refractivity contribution is 6.33. The molecular weight excluding hydrogens is 224 g/mol. The van der Waals surface area contributed by atoms with Crippen molar-refractivity contribution in [2.45, 2.75) is 6.10 Å². The van der Waals surface area contributed by atoms with Crippen molar-refractivity contribution in [3.05, 3.63) is 29.3 Å². The standard InChI is InChI=1S/C12H17ClN2O/c1-14-8-10-9-15(6-7-16-10)12-5-3-2-4-11(12)13/h2-5,10,14H,6-9H2,1H3. The van der Waals surface area contributed by atoms with Crippen LogP contribution in [0.1, 0.15) is 0 Å². The van der Waals surface area contributed by atoms with Gasteiger partial charge in [0, 0.05) is 19.6 Å². The third-order valence-corrected chi connectivity index (χ3v) is 3.08. The largest absolute Gasteiger partial charge is 0.373 e. The fraction of sp³-hybridized carbons (Fsp3) is 0.500. The van der Waals surface area contributed by atoms with Gasteiger partial charge in [0.05, 0.1) is 23.4 Å². The van der Waals surface area contributed by atoms with Gasteiger partial charge in [0.15, 0.2) is 0 Å². The van der Waals surface area contributed by atoms with Crippen LogP contribution in [0.3, 0.4) is 0 Å². The zero-order valence-corrected chi connectivity index (χ0v) is 10.2. The van der Waals surface area contributed by atoms with Crippen LogP contribution in [0.5, 0.6) is 0 Å². The van der Waals surface area contributed by atoms with Gasteiger partial charge in [0.25, 0.3) is 0 Å². The second kappa shape index (κ2) is 5.53. The number of hydrogen-bond donors (Lipinski definition) is 1. The van der Waals surface area contributed by atoms with Crippen LogP contribution in [0.2, 0.25) is 5.02 Å². The first kappa shape index (κ1) is 11.7. The molecule has 1 aromatic carbocycles. The van der Waals surface area contributed by atoms with E-state index >= 15 is 0 Å². The van der Waals surface area contributed by atoms with Crippen molar-refractivity contribution in [2.75, 3.05) is 38.2 Å². The lowest BCUT2D eigenvalue weighted by Crippen LogP contribution is -2.46. The number of anilines is 1. The zero-order chi connectivity index (χ0) is 11.4. The van der Waals surface area contributed by atoms with E-state index in [1.165, 1.54) is 0 Å². The molecule has 4 heteroatoms. The number of para-hydroxylation sites is 1. The Morgan fingerprint density at radius 3 is 3.06 bits per heavy atom. The van der Waals surface area contributed by atoms with Crippen LogP contribution in [0.25, 0.3) is 0 Å². The first-order valence-electron chi connectivity index (χ1n) is 5.57. The predicted molar refractivity (Wildman–Crippen MR) is 67.3 cm³/mol. The highest BCUT2D eigenvalue weighted by Gasteiger charge is 2.21. The number of ether oxygens (including phenoxy) is 1. The van der Waals surface area contributed by atoms with Crippen LogP contribution >= 0.6 is 11.6 Å². The van der Waals surface area contributed by atoms with E-state index in [-0.39, 0.29) is 6.10 Å². The number of nitrogens with zero attached hydrogens (tertiary/aromatic N) is 1. The van der Waals surface area contributed by atoms with Crippen molar-refractivity contribution < 1.29 is 4.74 Å². The van der Waals surface area contributed by atoms with Crippen molar-refractivity contribution in [3.63, 3.8) is 0 Å². The third-order valence-electron chi connectivity index (χ3n) is 2.76. The van der Waals surface area contributed by atoms with Crippen LogP contribution < -0.4 is 10.2 Å². The molecule has 0 amide bonds. The number of hydrogen-bond acceptors (Lipinski definition) is 3. The minimum atomic E-state index is 0.245. The molecule has 1 aliphatic rings.